The van der Waals surface area contributed by atoms with Gasteiger partial charge in [0.1, 0.15) is 0 Å². The number of ether oxygens (including phenoxy) is 2. The largest absolute Gasteiger partial charge is 0.481 e. The topological polar surface area (TPSA) is 87.4 Å². The molecule has 7 nitrogen and oxygen atoms in total. The van der Waals surface area contributed by atoms with Gasteiger partial charge in [-0.15, -0.1) is 0 Å². The fraction of sp³-hybridized carbons (Fsp3) is 0.0909. The van der Waals surface area contributed by atoms with Gasteiger partial charge in [-0.3, -0.25) is 10.1 Å². The predicted octanol–water partition coefficient (Wildman–Crippen LogP) is 2.79. The van der Waals surface area contributed by atoms with Gasteiger partial charge in [0.25, 0.3) is 5.69 Å². The second-order valence-electron chi connectivity index (χ2n) is 3.36. The van der Waals surface area contributed by atoms with Gasteiger partial charge in [0.05, 0.1) is 21.7 Å². The van der Waals surface area contributed by atoms with Crippen LogP contribution in [0.3, 0.4) is 0 Å². The first-order chi connectivity index (χ1) is 9.10. The lowest BCUT2D eigenvalue weighted by atomic mass is 10.3. The number of nitro benzene ring substituents is 1. The number of hydrogen-bond donors (Lipinski definition) is 0. The first kappa shape index (κ1) is 13.5. The molecule has 0 atom stereocenters. The summed E-state index contributed by atoms with van der Waals surface area (Å²) in [5.74, 6) is 0.675. The highest BCUT2D eigenvalue weighted by molar-refractivity contribution is 14.1. The quantitative estimate of drug-likeness (QED) is 0.465. The third kappa shape index (κ3) is 3.28. The normalized spacial score (nSPS) is 10.0. The number of aromatic nitrogens is 2. The standard InChI is InChI=1S/C11H8IN3O4/c1-18-10-4-5-13-11(14-10)19-9-6-7(15(16)17)2-3-8(9)12/h2-6H,1H3. The van der Waals surface area contributed by atoms with E-state index in [-0.39, 0.29) is 11.7 Å². The van der Waals surface area contributed by atoms with Crippen molar-refractivity contribution in [2.75, 3.05) is 7.11 Å². The molecule has 19 heavy (non-hydrogen) atoms. The molecule has 0 aliphatic carbocycles. The summed E-state index contributed by atoms with van der Waals surface area (Å²) in [5, 5.41) is 10.7. The molecule has 98 valence electrons. The van der Waals surface area contributed by atoms with Crippen molar-refractivity contribution in [1.82, 2.24) is 9.97 Å². The third-order valence-corrected chi connectivity index (χ3v) is 3.04. The van der Waals surface area contributed by atoms with E-state index < -0.39 is 4.92 Å². The molecule has 8 heteroatoms. The smallest absolute Gasteiger partial charge is 0.325 e. The van der Waals surface area contributed by atoms with Gasteiger partial charge in [-0.25, -0.2) is 4.98 Å². The number of methoxy groups -OCH3 is 1. The molecule has 1 aromatic carbocycles. The monoisotopic (exact) mass is 373 g/mol. The Hall–Kier alpha value is -1.97. The second kappa shape index (κ2) is 5.78. The van der Waals surface area contributed by atoms with E-state index in [2.05, 4.69) is 9.97 Å². The summed E-state index contributed by atoms with van der Waals surface area (Å²) in [4.78, 5) is 18.1. The SMILES string of the molecule is COc1ccnc(Oc2cc([N+](=O)[O-])ccc2I)n1. The first-order valence-electron chi connectivity index (χ1n) is 5.09. The number of non-ortho nitro benzene ring substituents is 1. The maximum atomic E-state index is 10.7. The van der Waals surface area contributed by atoms with E-state index in [9.17, 15) is 10.1 Å². The average Bonchev–Trinajstić information content (AvgIpc) is 2.41. The Kier molecular flexibility index (Phi) is 4.10. The van der Waals surface area contributed by atoms with Gasteiger partial charge >= 0.3 is 6.01 Å². The van der Waals surface area contributed by atoms with Gasteiger partial charge < -0.3 is 9.47 Å². The molecule has 0 saturated carbocycles. The lowest BCUT2D eigenvalue weighted by molar-refractivity contribution is -0.384. The van der Waals surface area contributed by atoms with E-state index in [1.165, 1.54) is 25.4 Å². The van der Waals surface area contributed by atoms with Gasteiger partial charge in [0.15, 0.2) is 5.75 Å². The highest BCUT2D eigenvalue weighted by atomic mass is 127. The van der Waals surface area contributed by atoms with Crippen LogP contribution in [0.1, 0.15) is 0 Å². The van der Waals surface area contributed by atoms with Crippen molar-refractivity contribution in [2.45, 2.75) is 0 Å². The lowest BCUT2D eigenvalue weighted by Crippen LogP contribution is -1.96. The number of nitro groups is 1. The minimum Gasteiger partial charge on any atom is -0.481 e. The Morgan fingerprint density at radius 2 is 2.16 bits per heavy atom. The van der Waals surface area contributed by atoms with Crippen molar-refractivity contribution < 1.29 is 14.4 Å². The molecular formula is C11H8IN3O4. The summed E-state index contributed by atoms with van der Waals surface area (Å²) >= 11 is 2.01. The minimum atomic E-state index is -0.491. The molecule has 0 saturated heterocycles. The molecule has 2 rings (SSSR count). The summed E-state index contributed by atoms with van der Waals surface area (Å²) in [6.45, 7) is 0. The van der Waals surface area contributed by atoms with Crippen LogP contribution in [-0.2, 0) is 0 Å². The van der Waals surface area contributed by atoms with Crippen molar-refractivity contribution in [2.24, 2.45) is 0 Å². The van der Waals surface area contributed by atoms with Crippen molar-refractivity contribution in [3.05, 3.63) is 44.1 Å². The van der Waals surface area contributed by atoms with E-state index in [1.54, 1.807) is 12.1 Å². The van der Waals surface area contributed by atoms with E-state index in [1.807, 2.05) is 22.6 Å². The molecule has 0 spiro atoms. The number of nitrogens with zero attached hydrogens (tertiary/aromatic N) is 3. The van der Waals surface area contributed by atoms with Crippen LogP contribution in [0.4, 0.5) is 5.69 Å². The summed E-state index contributed by atoms with van der Waals surface area (Å²) < 4.78 is 11.1. The number of hydrogen-bond acceptors (Lipinski definition) is 6. The molecule has 0 fully saturated rings. The zero-order valence-electron chi connectivity index (χ0n) is 9.74. The molecular weight excluding hydrogens is 365 g/mol. The zero-order valence-corrected chi connectivity index (χ0v) is 11.9. The van der Waals surface area contributed by atoms with Crippen LogP contribution >= 0.6 is 22.6 Å². The Morgan fingerprint density at radius 1 is 1.37 bits per heavy atom. The molecule has 0 bridgehead atoms. The fourth-order valence-electron chi connectivity index (χ4n) is 1.27. The van der Waals surface area contributed by atoms with Crippen molar-refractivity contribution in [1.29, 1.82) is 0 Å². The Balaban J connectivity index is 2.31. The fourth-order valence-corrected chi connectivity index (χ4v) is 1.72. The highest BCUT2D eigenvalue weighted by Gasteiger charge is 2.12. The van der Waals surface area contributed by atoms with E-state index in [4.69, 9.17) is 9.47 Å². The molecule has 1 aromatic heterocycles. The average molecular weight is 373 g/mol. The van der Waals surface area contributed by atoms with E-state index in [0.717, 1.165) is 3.57 Å². The van der Waals surface area contributed by atoms with E-state index in [0.29, 0.717) is 11.6 Å². The summed E-state index contributed by atoms with van der Waals surface area (Å²) in [7, 11) is 1.48. The number of benzene rings is 1. The van der Waals surface area contributed by atoms with Crippen LogP contribution in [0.15, 0.2) is 30.5 Å². The molecule has 1 heterocycles. The summed E-state index contributed by atoms with van der Waals surface area (Å²) in [6.07, 6.45) is 1.48. The Labute approximate surface area is 121 Å². The lowest BCUT2D eigenvalue weighted by Gasteiger charge is -2.06. The van der Waals surface area contributed by atoms with Crippen LogP contribution in [-0.4, -0.2) is 22.0 Å². The molecule has 0 radical (unpaired) electrons. The number of halogens is 1. The molecule has 0 aliphatic rings. The van der Waals surface area contributed by atoms with Crippen LogP contribution in [0.2, 0.25) is 0 Å². The van der Waals surface area contributed by atoms with Gasteiger partial charge in [-0.05, 0) is 28.7 Å². The Morgan fingerprint density at radius 3 is 2.84 bits per heavy atom. The van der Waals surface area contributed by atoms with E-state index >= 15 is 0 Å². The molecule has 2 aromatic rings. The molecule has 0 amide bonds. The van der Waals surface area contributed by atoms with Crippen molar-refractivity contribution in [3.8, 4) is 17.6 Å². The molecule has 0 N–H and O–H groups in total. The van der Waals surface area contributed by atoms with Crippen LogP contribution in [0.5, 0.6) is 17.6 Å². The van der Waals surface area contributed by atoms with Crippen LogP contribution in [0, 0.1) is 13.7 Å². The van der Waals surface area contributed by atoms with Crippen LogP contribution < -0.4 is 9.47 Å². The Bertz CT molecular complexity index is 621. The third-order valence-electron chi connectivity index (χ3n) is 2.14. The second-order valence-corrected chi connectivity index (χ2v) is 4.52. The number of rotatable bonds is 4. The van der Waals surface area contributed by atoms with Crippen molar-refractivity contribution in [3.63, 3.8) is 0 Å². The van der Waals surface area contributed by atoms with Gasteiger partial charge in [0.2, 0.25) is 5.88 Å². The first-order valence-corrected chi connectivity index (χ1v) is 6.17. The van der Waals surface area contributed by atoms with Gasteiger partial charge in [-0.1, -0.05) is 0 Å². The maximum absolute atomic E-state index is 10.7. The molecule has 0 aliphatic heterocycles. The molecule has 0 unspecified atom stereocenters. The summed E-state index contributed by atoms with van der Waals surface area (Å²) in [5.41, 5.74) is -0.0571. The van der Waals surface area contributed by atoms with Gasteiger partial charge in [0, 0.05) is 18.3 Å². The minimum absolute atomic E-state index is 0.0571. The maximum Gasteiger partial charge on any atom is 0.325 e. The van der Waals surface area contributed by atoms with Crippen molar-refractivity contribution >= 4 is 28.3 Å². The zero-order chi connectivity index (χ0) is 13.8. The highest BCUT2D eigenvalue weighted by Crippen LogP contribution is 2.29. The van der Waals surface area contributed by atoms with Gasteiger partial charge in [-0.2, -0.15) is 4.98 Å². The van der Waals surface area contributed by atoms with Crippen LogP contribution in [0.25, 0.3) is 0 Å². The summed E-state index contributed by atoms with van der Waals surface area (Å²) in [6, 6.07) is 5.96. The predicted molar refractivity (Wildman–Crippen MR) is 74.5 cm³/mol.